The Balaban J connectivity index is 1.58. The topological polar surface area (TPSA) is 58.6 Å². The van der Waals surface area contributed by atoms with Crippen LogP contribution in [0.4, 0.5) is 10.1 Å². The molecule has 3 aromatic rings. The molecule has 1 unspecified atom stereocenters. The minimum atomic E-state index is -0.617. The summed E-state index contributed by atoms with van der Waals surface area (Å²) in [5.74, 6) is -0.628. The Morgan fingerprint density at radius 3 is 2.60 bits per heavy atom. The largest absolute Gasteiger partial charge is 0.481 e. The predicted octanol–water partition coefficient (Wildman–Crippen LogP) is 4.39. The maximum Gasteiger partial charge on any atom is 0.263 e. The van der Waals surface area contributed by atoms with E-state index in [2.05, 4.69) is 5.32 Å². The molecule has 0 saturated heterocycles. The lowest BCUT2D eigenvalue weighted by Crippen LogP contribution is -2.37. The third-order valence-electron chi connectivity index (χ3n) is 4.98. The zero-order valence-electron chi connectivity index (χ0n) is 16.5. The molecule has 30 heavy (non-hydrogen) atoms. The van der Waals surface area contributed by atoms with Crippen LogP contribution in [-0.2, 0) is 17.9 Å². The minimum Gasteiger partial charge on any atom is -0.481 e. The highest BCUT2D eigenvalue weighted by Gasteiger charge is 2.28. The first-order valence-electron chi connectivity index (χ1n) is 9.69. The van der Waals surface area contributed by atoms with Crippen LogP contribution in [-0.4, -0.2) is 22.8 Å². The number of benzene rings is 3. The van der Waals surface area contributed by atoms with E-state index >= 15 is 0 Å². The molecule has 1 heterocycles. The predicted molar refractivity (Wildman–Crippen MR) is 112 cm³/mol. The van der Waals surface area contributed by atoms with Gasteiger partial charge in [0.25, 0.3) is 11.8 Å². The maximum absolute atomic E-state index is 13.9. The van der Waals surface area contributed by atoms with Crippen LogP contribution in [0.5, 0.6) is 5.75 Å². The highest BCUT2D eigenvalue weighted by Crippen LogP contribution is 2.29. The molecule has 1 aliphatic heterocycles. The van der Waals surface area contributed by atoms with Crippen LogP contribution in [0.1, 0.15) is 28.4 Å². The van der Waals surface area contributed by atoms with E-state index in [9.17, 15) is 14.0 Å². The summed E-state index contributed by atoms with van der Waals surface area (Å²) in [4.78, 5) is 27.0. The second-order valence-electron chi connectivity index (χ2n) is 7.20. The van der Waals surface area contributed by atoms with Gasteiger partial charge in [-0.2, -0.15) is 0 Å². The summed E-state index contributed by atoms with van der Waals surface area (Å²) in [5.41, 5.74) is 2.27. The van der Waals surface area contributed by atoms with Gasteiger partial charge in [-0.1, -0.05) is 42.5 Å². The van der Waals surface area contributed by atoms with Crippen LogP contribution in [0.2, 0.25) is 0 Å². The number of carbonyl (C=O) groups is 2. The van der Waals surface area contributed by atoms with E-state index in [1.165, 1.54) is 18.2 Å². The zero-order chi connectivity index (χ0) is 21.1. The first-order chi connectivity index (χ1) is 14.5. The third kappa shape index (κ3) is 4.17. The zero-order valence-corrected chi connectivity index (χ0v) is 16.5. The van der Waals surface area contributed by atoms with Gasteiger partial charge in [0.2, 0.25) is 0 Å². The van der Waals surface area contributed by atoms with E-state index in [4.69, 9.17) is 4.74 Å². The molecule has 1 atom stereocenters. The van der Waals surface area contributed by atoms with Crippen LogP contribution in [0.15, 0.2) is 72.8 Å². The van der Waals surface area contributed by atoms with Gasteiger partial charge >= 0.3 is 0 Å². The molecular formula is C24H21FN2O3. The second kappa shape index (κ2) is 8.37. The fraction of sp³-hybridized carbons (Fsp3) is 0.167. The third-order valence-corrected chi connectivity index (χ3v) is 4.98. The van der Waals surface area contributed by atoms with E-state index in [1.807, 2.05) is 30.3 Å². The number of hydrogen-bond acceptors (Lipinski definition) is 3. The Bertz CT molecular complexity index is 1080. The van der Waals surface area contributed by atoms with Crippen molar-refractivity contribution in [3.63, 3.8) is 0 Å². The van der Waals surface area contributed by atoms with Crippen molar-refractivity contribution in [2.75, 3.05) is 5.32 Å². The monoisotopic (exact) mass is 404 g/mol. The van der Waals surface area contributed by atoms with E-state index in [1.54, 1.807) is 36.1 Å². The molecule has 1 aliphatic rings. The molecule has 0 saturated carbocycles. The molecular weight excluding hydrogens is 383 g/mol. The average molecular weight is 404 g/mol. The molecule has 0 radical (unpaired) electrons. The van der Waals surface area contributed by atoms with Gasteiger partial charge in [-0.3, -0.25) is 9.59 Å². The number of halogens is 1. The maximum atomic E-state index is 13.9. The number of ether oxygens (including phenoxy) is 1. The van der Waals surface area contributed by atoms with Gasteiger partial charge in [0.15, 0.2) is 6.10 Å². The summed E-state index contributed by atoms with van der Waals surface area (Å²) in [6.45, 7) is 2.53. The Hall–Kier alpha value is -3.67. The first kappa shape index (κ1) is 19.6. The van der Waals surface area contributed by atoms with Crippen molar-refractivity contribution in [1.82, 2.24) is 4.90 Å². The van der Waals surface area contributed by atoms with Crippen LogP contribution in [0, 0.1) is 5.82 Å². The number of carbonyl (C=O) groups excluding carboxylic acids is 2. The lowest BCUT2D eigenvalue weighted by molar-refractivity contribution is -0.138. The molecule has 4 rings (SSSR count). The van der Waals surface area contributed by atoms with Gasteiger partial charge in [0.05, 0.1) is 5.56 Å². The van der Waals surface area contributed by atoms with Gasteiger partial charge < -0.3 is 15.0 Å². The highest BCUT2D eigenvalue weighted by molar-refractivity contribution is 6.04. The molecule has 0 spiro atoms. The molecule has 0 bridgehead atoms. The molecule has 0 fully saturated rings. The Morgan fingerprint density at radius 2 is 1.83 bits per heavy atom. The SMILES string of the molecule is CC1Oc2ccc(NC(=O)c3ccccc3F)cc2CN(Cc2ccccc2)C1=O. The van der Waals surface area contributed by atoms with E-state index < -0.39 is 17.8 Å². The average Bonchev–Trinajstić information content (AvgIpc) is 2.86. The van der Waals surface area contributed by atoms with Crippen molar-refractivity contribution in [2.24, 2.45) is 0 Å². The summed E-state index contributed by atoms with van der Waals surface area (Å²) in [5, 5.41) is 2.72. The first-order valence-corrected chi connectivity index (χ1v) is 9.69. The number of nitrogens with zero attached hydrogens (tertiary/aromatic N) is 1. The lowest BCUT2D eigenvalue weighted by atomic mass is 10.1. The molecule has 3 aromatic carbocycles. The molecule has 0 aromatic heterocycles. The number of fused-ring (bicyclic) bond motifs is 1. The number of amides is 2. The van der Waals surface area contributed by atoms with E-state index in [0.29, 0.717) is 24.5 Å². The second-order valence-corrected chi connectivity index (χ2v) is 7.20. The quantitative estimate of drug-likeness (QED) is 0.702. The fourth-order valence-corrected chi connectivity index (χ4v) is 3.46. The van der Waals surface area contributed by atoms with Crippen molar-refractivity contribution >= 4 is 17.5 Å². The van der Waals surface area contributed by atoms with Crippen LogP contribution in [0.3, 0.4) is 0 Å². The van der Waals surface area contributed by atoms with Gasteiger partial charge in [-0.05, 0) is 42.8 Å². The number of nitrogens with one attached hydrogen (secondary N) is 1. The van der Waals surface area contributed by atoms with Gasteiger partial charge in [-0.15, -0.1) is 0 Å². The minimum absolute atomic E-state index is 0.0294. The summed E-state index contributed by atoms with van der Waals surface area (Å²) in [6, 6.07) is 20.7. The van der Waals surface area contributed by atoms with Gasteiger partial charge in [0.1, 0.15) is 11.6 Å². The summed E-state index contributed by atoms with van der Waals surface area (Å²) < 4.78 is 19.7. The molecule has 6 heteroatoms. The van der Waals surface area contributed by atoms with Crippen molar-refractivity contribution in [3.8, 4) is 5.75 Å². The molecule has 2 amide bonds. The van der Waals surface area contributed by atoms with E-state index in [0.717, 1.165) is 11.1 Å². The molecule has 0 aliphatic carbocycles. The summed E-state index contributed by atoms with van der Waals surface area (Å²) in [6.07, 6.45) is -0.617. The van der Waals surface area contributed by atoms with Crippen LogP contribution >= 0.6 is 0 Å². The lowest BCUT2D eigenvalue weighted by Gasteiger charge is -2.22. The summed E-state index contributed by atoms with van der Waals surface area (Å²) in [7, 11) is 0. The number of hydrogen-bond donors (Lipinski definition) is 1. The standard InChI is InChI=1S/C24H21FN2O3/c1-16-24(29)27(14-17-7-3-2-4-8-17)15-18-13-19(11-12-22(18)30-16)26-23(28)20-9-5-6-10-21(20)25/h2-13,16H,14-15H2,1H3,(H,26,28). The summed E-state index contributed by atoms with van der Waals surface area (Å²) >= 11 is 0. The van der Waals surface area contributed by atoms with Crippen molar-refractivity contribution < 1.29 is 18.7 Å². The smallest absolute Gasteiger partial charge is 0.263 e. The fourth-order valence-electron chi connectivity index (χ4n) is 3.46. The molecule has 1 N–H and O–H groups in total. The normalized spacial score (nSPS) is 15.7. The number of anilines is 1. The molecule has 5 nitrogen and oxygen atoms in total. The van der Waals surface area contributed by atoms with E-state index in [-0.39, 0.29) is 11.5 Å². The highest BCUT2D eigenvalue weighted by atomic mass is 19.1. The molecule has 152 valence electrons. The Kier molecular flexibility index (Phi) is 5.48. The Morgan fingerprint density at radius 1 is 1.10 bits per heavy atom. The van der Waals surface area contributed by atoms with Crippen LogP contribution < -0.4 is 10.1 Å². The van der Waals surface area contributed by atoms with Crippen molar-refractivity contribution in [3.05, 3.63) is 95.3 Å². The number of rotatable bonds is 4. The van der Waals surface area contributed by atoms with Gasteiger partial charge in [-0.25, -0.2) is 4.39 Å². The Labute approximate surface area is 174 Å². The van der Waals surface area contributed by atoms with Crippen LogP contribution in [0.25, 0.3) is 0 Å². The van der Waals surface area contributed by atoms with Crippen molar-refractivity contribution in [2.45, 2.75) is 26.1 Å². The van der Waals surface area contributed by atoms with Gasteiger partial charge in [0, 0.05) is 24.3 Å². The van der Waals surface area contributed by atoms with Crippen molar-refractivity contribution in [1.29, 1.82) is 0 Å².